The minimum absolute atomic E-state index is 0.152. The number of esters is 1. The second-order valence-electron chi connectivity index (χ2n) is 5.41. The predicted molar refractivity (Wildman–Crippen MR) is 90.4 cm³/mol. The van der Waals surface area contributed by atoms with E-state index in [0.29, 0.717) is 29.5 Å². The molecule has 0 saturated carbocycles. The fourth-order valence-corrected chi connectivity index (χ4v) is 2.34. The molecule has 0 bridgehead atoms. The maximum absolute atomic E-state index is 12.0. The number of hydrogen-bond acceptors (Lipinski definition) is 5. The summed E-state index contributed by atoms with van der Waals surface area (Å²) >= 11 is 3.44. The quantitative estimate of drug-likeness (QED) is 0.737. The summed E-state index contributed by atoms with van der Waals surface area (Å²) in [4.78, 5) is 12.0. The number of H-pyrrole nitrogens is 1. The van der Waals surface area contributed by atoms with Crippen LogP contribution in [-0.4, -0.2) is 34.6 Å². The van der Waals surface area contributed by atoms with Crippen LogP contribution < -0.4 is 4.74 Å². The van der Waals surface area contributed by atoms with Crippen LogP contribution in [0.25, 0.3) is 11.3 Å². The van der Waals surface area contributed by atoms with Gasteiger partial charge in [-0.05, 0) is 37.5 Å². The number of hydrogen-bond donors (Lipinski definition) is 1. The third kappa shape index (κ3) is 4.54. The first-order chi connectivity index (χ1) is 11.0. The molecule has 0 fully saturated rings. The van der Waals surface area contributed by atoms with E-state index >= 15 is 0 Å². The zero-order valence-corrected chi connectivity index (χ0v) is 15.0. The van der Waals surface area contributed by atoms with Crippen LogP contribution in [0.2, 0.25) is 0 Å². The van der Waals surface area contributed by atoms with Crippen LogP contribution in [-0.2, 0) is 4.74 Å². The number of aromatic nitrogens is 3. The third-order valence-corrected chi connectivity index (χ3v) is 3.66. The number of halogens is 1. The largest absolute Gasteiger partial charge is 0.493 e. The Morgan fingerprint density at radius 3 is 2.83 bits per heavy atom. The SMILES string of the molecule is CCOC(=O)c1n[nH]nc1-c1cc(Br)ccc1OCCC(C)C. The Kier molecular flexibility index (Phi) is 6.15. The molecule has 1 N–H and O–H groups in total. The fraction of sp³-hybridized carbons (Fsp3) is 0.438. The molecule has 0 atom stereocenters. The van der Waals surface area contributed by atoms with Gasteiger partial charge in [-0.2, -0.15) is 10.3 Å². The van der Waals surface area contributed by atoms with Gasteiger partial charge in [0.25, 0.3) is 0 Å². The zero-order valence-electron chi connectivity index (χ0n) is 13.4. The van der Waals surface area contributed by atoms with E-state index in [1.807, 2.05) is 18.2 Å². The first-order valence-corrected chi connectivity index (χ1v) is 8.32. The summed E-state index contributed by atoms with van der Waals surface area (Å²) in [5, 5.41) is 10.5. The van der Waals surface area contributed by atoms with E-state index in [1.165, 1.54) is 0 Å². The van der Waals surface area contributed by atoms with Gasteiger partial charge in [0, 0.05) is 10.0 Å². The highest BCUT2D eigenvalue weighted by atomic mass is 79.9. The van der Waals surface area contributed by atoms with Gasteiger partial charge in [-0.15, -0.1) is 5.10 Å². The summed E-state index contributed by atoms with van der Waals surface area (Å²) in [7, 11) is 0. The van der Waals surface area contributed by atoms with Crippen molar-refractivity contribution >= 4 is 21.9 Å². The van der Waals surface area contributed by atoms with E-state index in [4.69, 9.17) is 9.47 Å². The molecular weight excluding hydrogens is 362 g/mol. The van der Waals surface area contributed by atoms with Crippen molar-refractivity contribution in [1.29, 1.82) is 0 Å². The Balaban J connectivity index is 2.33. The number of nitrogens with zero attached hydrogens (tertiary/aromatic N) is 2. The van der Waals surface area contributed by atoms with Gasteiger partial charge in [-0.1, -0.05) is 29.8 Å². The van der Waals surface area contributed by atoms with Crippen LogP contribution in [0.4, 0.5) is 0 Å². The van der Waals surface area contributed by atoms with Crippen molar-refractivity contribution in [3.63, 3.8) is 0 Å². The van der Waals surface area contributed by atoms with Crippen molar-refractivity contribution < 1.29 is 14.3 Å². The van der Waals surface area contributed by atoms with Gasteiger partial charge < -0.3 is 9.47 Å². The molecule has 0 radical (unpaired) electrons. The minimum atomic E-state index is -0.510. The van der Waals surface area contributed by atoms with E-state index in [0.717, 1.165) is 10.9 Å². The third-order valence-electron chi connectivity index (χ3n) is 3.17. The van der Waals surface area contributed by atoms with Gasteiger partial charge in [0.15, 0.2) is 5.69 Å². The van der Waals surface area contributed by atoms with Crippen molar-refractivity contribution in [1.82, 2.24) is 15.4 Å². The van der Waals surface area contributed by atoms with Crippen LogP contribution in [0.15, 0.2) is 22.7 Å². The molecule has 0 amide bonds. The maximum Gasteiger partial charge on any atom is 0.361 e. The van der Waals surface area contributed by atoms with Gasteiger partial charge in [-0.3, -0.25) is 0 Å². The highest BCUT2D eigenvalue weighted by Crippen LogP contribution is 2.33. The molecule has 7 heteroatoms. The molecule has 1 heterocycles. The maximum atomic E-state index is 12.0. The van der Waals surface area contributed by atoms with Crippen LogP contribution in [0.5, 0.6) is 5.75 Å². The minimum Gasteiger partial charge on any atom is -0.493 e. The highest BCUT2D eigenvalue weighted by Gasteiger charge is 2.22. The van der Waals surface area contributed by atoms with Crippen LogP contribution >= 0.6 is 15.9 Å². The van der Waals surface area contributed by atoms with E-state index in [9.17, 15) is 4.79 Å². The molecule has 1 aromatic heterocycles. The van der Waals surface area contributed by atoms with Crippen molar-refractivity contribution in [2.24, 2.45) is 5.92 Å². The van der Waals surface area contributed by atoms with E-state index in [1.54, 1.807) is 6.92 Å². The summed E-state index contributed by atoms with van der Waals surface area (Å²) in [6.07, 6.45) is 0.944. The predicted octanol–water partition coefficient (Wildman–Crippen LogP) is 3.84. The average molecular weight is 382 g/mol. The lowest BCUT2D eigenvalue weighted by Crippen LogP contribution is -2.07. The highest BCUT2D eigenvalue weighted by molar-refractivity contribution is 9.10. The first-order valence-electron chi connectivity index (χ1n) is 7.53. The zero-order chi connectivity index (χ0) is 16.8. The summed E-state index contributed by atoms with van der Waals surface area (Å²) in [5.41, 5.74) is 1.27. The Morgan fingerprint density at radius 2 is 2.13 bits per heavy atom. The second kappa shape index (κ2) is 8.10. The number of carbonyl (C=O) groups excluding carboxylic acids is 1. The van der Waals surface area contributed by atoms with Gasteiger partial charge in [-0.25, -0.2) is 4.79 Å². The standard InChI is InChI=1S/C16H20BrN3O3/c1-4-22-16(21)15-14(18-20-19-15)12-9-11(17)5-6-13(12)23-8-7-10(2)3/h5-6,9-10H,4,7-8H2,1-3H3,(H,18,19,20). The number of benzene rings is 1. The fourth-order valence-electron chi connectivity index (χ4n) is 1.98. The van der Waals surface area contributed by atoms with Gasteiger partial charge in [0.2, 0.25) is 0 Å². The summed E-state index contributed by atoms with van der Waals surface area (Å²) < 4.78 is 11.7. The Bertz CT molecular complexity index is 670. The van der Waals surface area contributed by atoms with Crippen molar-refractivity contribution in [2.45, 2.75) is 27.2 Å². The number of ether oxygens (including phenoxy) is 2. The normalized spacial score (nSPS) is 10.8. The molecule has 0 spiro atoms. The van der Waals surface area contributed by atoms with Crippen molar-refractivity contribution in [3.05, 3.63) is 28.4 Å². The van der Waals surface area contributed by atoms with Gasteiger partial charge >= 0.3 is 5.97 Å². The summed E-state index contributed by atoms with van der Waals surface area (Å²) in [6.45, 7) is 6.90. The number of aromatic amines is 1. The molecule has 124 valence electrons. The molecule has 0 unspecified atom stereocenters. The molecular formula is C16H20BrN3O3. The number of rotatable bonds is 7. The second-order valence-corrected chi connectivity index (χ2v) is 6.33. The first kappa shape index (κ1) is 17.5. The summed E-state index contributed by atoms with van der Waals surface area (Å²) in [6, 6.07) is 5.59. The number of nitrogens with one attached hydrogen (secondary N) is 1. The summed E-state index contributed by atoms with van der Waals surface area (Å²) in [5.74, 6) is 0.702. The lowest BCUT2D eigenvalue weighted by atomic mass is 10.1. The van der Waals surface area contributed by atoms with Crippen LogP contribution in [0.1, 0.15) is 37.7 Å². The Hall–Kier alpha value is -1.89. The molecule has 0 aliphatic carbocycles. The smallest absolute Gasteiger partial charge is 0.361 e. The van der Waals surface area contributed by atoms with E-state index in [-0.39, 0.29) is 12.3 Å². The van der Waals surface area contributed by atoms with E-state index in [2.05, 4.69) is 45.2 Å². The molecule has 1 aromatic carbocycles. The molecule has 0 aliphatic heterocycles. The topological polar surface area (TPSA) is 77.1 Å². The lowest BCUT2D eigenvalue weighted by Gasteiger charge is -2.12. The Labute approximate surface area is 143 Å². The molecule has 23 heavy (non-hydrogen) atoms. The number of carbonyl (C=O) groups is 1. The van der Waals surface area contributed by atoms with E-state index < -0.39 is 5.97 Å². The lowest BCUT2D eigenvalue weighted by molar-refractivity contribution is 0.0520. The van der Waals surface area contributed by atoms with Crippen molar-refractivity contribution in [3.8, 4) is 17.0 Å². The molecule has 6 nitrogen and oxygen atoms in total. The Morgan fingerprint density at radius 1 is 1.35 bits per heavy atom. The van der Waals surface area contributed by atoms with Gasteiger partial charge in [0.1, 0.15) is 11.4 Å². The molecule has 0 saturated heterocycles. The molecule has 2 rings (SSSR count). The van der Waals surface area contributed by atoms with Crippen LogP contribution in [0.3, 0.4) is 0 Å². The van der Waals surface area contributed by atoms with Gasteiger partial charge in [0.05, 0.1) is 13.2 Å². The monoisotopic (exact) mass is 381 g/mol. The van der Waals surface area contributed by atoms with Crippen molar-refractivity contribution in [2.75, 3.05) is 13.2 Å². The molecule has 0 aliphatic rings. The average Bonchev–Trinajstić information content (AvgIpc) is 2.98. The molecule has 2 aromatic rings. The van der Waals surface area contributed by atoms with Crippen LogP contribution in [0, 0.1) is 5.92 Å².